The highest BCUT2D eigenvalue weighted by Gasteiger charge is 2.30. The van der Waals surface area contributed by atoms with Gasteiger partial charge in [0.1, 0.15) is 5.54 Å². The van der Waals surface area contributed by atoms with Gasteiger partial charge in [0.15, 0.2) is 11.5 Å². The van der Waals surface area contributed by atoms with E-state index in [9.17, 15) is 4.79 Å². The zero-order valence-electron chi connectivity index (χ0n) is 16.1. The number of ether oxygens (including phenoxy) is 3. The Hall–Kier alpha value is -2.44. The molecule has 2 aromatic rings. The molecule has 0 radical (unpaired) electrons. The molecule has 0 aliphatic carbocycles. The summed E-state index contributed by atoms with van der Waals surface area (Å²) in [5, 5.41) is 2.90. The predicted molar refractivity (Wildman–Crippen MR) is 108 cm³/mol. The van der Waals surface area contributed by atoms with Crippen LogP contribution in [0.25, 0.3) is 0 Å². The minimum atomic E-state index is -1.09. The Kier molecular flexibility index (Phi) is 8.40. The molecule has 148 valence electrons. The van der Waals surface area contributed by atoms with Gasteiger partial charge in [-0.15, -0.1) is 12.4 Å². The van der Waals surface area contributed by atoms with Crippen molar-refractivity contribution in [2.75, 3.05) is 27.9 Å². The molecule has 2 aromatic carbocycles. The first-order valence-corrected chi connectivity index (χ1v) is 8.36. The molecule has 1 atom stereocenters. The first-order valence-electron chi connectivity index (χ1n) is 8.36. The van der Waals surface area contributed by atoms with Crippen LogP contribution in [-0.2, 0) is 16.8 Å². The fraction of sp³-hybridized carbons (Fsp3) is 0.350. The normalized spacial score (nSPS) is 12.3. The zero-order chi connectivity index (χ0) is 19.2. The molecular formula is C20H27ClN2O4. The standard InChI is InChI=1S/C20H26N2O4.ClH/c1-20(21,15-8-6-5-7-9-15)19(23)22-13-12-14-10-11-16(24-2)18(26-4)17(14)25-3;/h5-11H,12-13,21H2,1-4H3,(H,22,23);1H. The van der Waals surface area contributed by atoms with Crippen molar-refractivity contribution in [3.05, 3.63) is 53.6 Å². The second-order valence-electron chi connectivity index (χ2n) is 6.07. The van der Waals surface area contributed by atoms with E-state index in [1.165, 1.54) is 0 Å². The number of hydrogen-bond acceptors (Lipinski definition) is 5. The van der Waals surface area contributed by atoms with Crippen LogP contribution in [0.4, 0.5) is 0 Å². The lowest BCUT2D eigenvalue weighted by molar-refractivity contribution is -0.126. The van der Waals surface area contributed by atoms with Crippen LogP contribution in [0.2, 0.25) is 0 Å². The lowest BCUT2D eigenvalue weighted by Crippen LogP contribution is -2.49. The van der Waals surface area contributed by atoms with Gasteiger partial charge in [0, 0.05) is 12.1 Å². The Bertz CT molecular complexity index is 751. The maximum atomic E-state index is 12.5. The quantitative estimate of drug-likeness (QED) is 0.719. The van der Waals surface area contributed by atoms with Crippen molar-refractivity contribution in [1.82, 2.24) is 5.32 Å². The molecule has 1 unspecified atom stereocenters. The average Bonchev–Trinajstić information content (AvgIpc) is 2.67. The summed E-state index contributed by atoms with van der Waals surface area (Å²) < 4.78 is 16.1. The number of carbonyl (C=O) groups excluding carboxylic acids is 1. The van der Waals surface area contributed by atoms with E-state index in [1.807, 2.05) is 42.5 Å². The number of amides is 1. The monoisotopic (exact) mass is 394 g/mol. The van der Waals surface area contributed by atoms with Crippen LogP contribution < -0.4 is 25.3 Å². The van der Waals surface area contributed by atoms with Crippen molar-refractivity contribution in [2.45, 2.75) is 18.9 Å². The number of halogens is 1. The van der Waals surface area contributed by atoms with E-state index < -0.39 is 5.54 Å². The van der Waals surface area contributed by atoms with Crippen LogP contribution in [0.5, 0.6) is 17.2 Å². The van der Waals surface area contributed by atoms with Crippen LogP contribution in [-0.4, -0.2) is 33.8 Å². The minimum absolute atomic E-state index is 0. The van der Waals surface area contributed by atoms with Crippen LogP contribution in [0.3, 0.4) is 0 Å². The fourth-order valence-corrected chi connectivity index (χ4v) is 2.77. The average molecular weight is 395 g/mol. The first kappa shape index (κ1) is 22.6. The second-order valence-corrected chi connectivity index (χ2v) is 6.07. The van der Waals surface area contributed by atoms with Gasteiger partial charge in [-0.05, 0) is 25.0 Å². The van der Waals surface area contributed by atoms with Gasteiger partial charge in [0.2, 0.25) is 11.7 Å². The van der Waals surface area contributed by atoms with Crippen molar-refractivity contribution < 1.29 is 19.0 Å². The predicted octanol–water partition coefficient (Wildman–Crippen LogP) is 2.67. The summed E-state index contributed by atoms with van der Waals surface area (Å²) in [7, 11) is 4.71. The summed E-state index contributed by atoms with van der Waals surface area (Å²) in [6.07, 6.45) is 0.570. The van der Waals surface area contributed by atoms with E-state index in [1.54, 1.807) is 28.3 Å². The van der Waals surface area contributed by atoms with Gasteiger partial charge in [0.05, 0.1) is 21.3 Å². The second kappa shape index (κ2) is 10.0. The van der Waals surface area contributed by atoms with Crippen LogP contribution in [0.15, 0.2) is 42.5 Å². The smallest absolute Gasteiger partial charge is 0.244 e. The van der Waals surface area contributed by atoms with E-state index in [-0.39, 0.29) is 18.3 Å². The summed E-state index contributed by atoms with van der Waals surface area (Å²) in [4.78, 5) is 12.5. The van der Waals surface area contributed by atoms with Crippen molar-refractivity contribution in [3.8, 4) is 17.2 Å². The van der Waals surface area contributed by atoms with Gasteiger partial charge in [-0.2, -0.15) is 0 Å². The Morgan fingerprint density at radius 2 is 1.63 bits per heavy atom. The third kappa shape index (κ3) is 5.05. The minimum Gasteiger partial charge on any atom is -0.493 e. The van der Waals surface area contributed by atoms with Gasteiger partial charge in [-0.3, -0.25) is 4.79 Å². The topological polar surface area (TPSA) is 82.8 Å². The Balaban J connectivity index is 0.00000364. The maximum absolute atomic E-state index is 12.5. The summed E-state index contributed by atoms with van der Waals surface area (Å²) in [6, 6.07) is 13.0. The molecule has 1 amide bonds. The van der Waals surface area contributed by atoms with E-state index in [0.717, 1.165) is 11.1 Å². The van der Waals surface area contributed by atoms with Gasteiger partial charge in [0.25, 0.3) is 0 Å². The molecule has 0 aromatic heterocycles. The first-order chi connectivity index (χ1) is 12.5. The highest BCUT2D eigenvalue weighted by Crippen LogP contribution is 2.39. The molecule has 7 heteroatoms. The molecule has 0 fully saturated rings. The van der Waals surface area contributed by atoms with Gasteiger partial charge in [-0.1, -0.05) is 36.4 Å². The van der Waals surface area contributed by atoms with E-state index in [0.29, 0.717) is 30.2 Å². The Morgan fingerprint density at radius 1 is 1.00 bits per heavy atom. The number of methoxy groups -OCH3 is 3. The van der Waals surface area contributed by atoms with Crippen LogP contribution in [0.1, 0.15) is 18.1 Å². The largest absolute Gasteiger partial charge is 0.493 e. The SMILES string of the molecule is COc1ccc(CCNC(=O)C(C)(N)c2ccccc2)c(OC)c1OC.Cl. The number of nitrogens with one attached hydrogen (secondary N) is 1. The number of benzene rings is 2. The van der Waals surface area contributed by atoms with Crippen molar-refractivity contribution in [2.24, 2.45) is 5.73 Å². The van der Waals surface area contributed by atoms with Crippen LogP contribution in [0, 0.1) is 0 Å². The van der Waals surface area contributed by atoms with Gasteiger partial charge in [-0.25, -0.2) is 0 Å². The molecule has 0 aliphatic heterocycles. The molecule has 27 heavy (non-hydrogen) atoms. The third-order valence-corrected chi connectivity index (χ3v) is 4.31. The molecule has 6 nitrogen and oxygen atoms in total. The third-order valence-electron chi connectivity index (χ3n) is 4.31. The molecule has 0 bridgehead atoms. The Labute approximate surface area is 166 Å². The molecule has 3 N–H and O–H groups in total. The van der Waals surface area contributed by atoms with Crippen molar-refractivity contribution in [1.29, 1.82) is 0 Å². The Morgan fingerprint density at radius 3 is 2.19 bits per heavy atom. The van der Waals surface area contributed by atoms with Crippen molar-refractivity contribution >= 4 is 18.3 Å². The maximum Gasteiger partial charge on any atom is 0.244 e. The molecule has 0 heterocycles. The number of nitrogens with two attached hydrogens (primary N) is 1. The molecule has 0 spiro atoms. The van der Waals surface area contributed by atoms with Gasteiger partial charge >= 0.3 is 0 Å². The molecular weight excluding hydrogens is 368 g/mol. The molecule has 0 saturated carbocycles. The molecule has 0 saturated heterocycles. The highest BCUT2D eigenvalue weighted by molar-refractivity contribution is 5.87. The van der Waals surface area contributed by atoms with E-state index >= 15 is 0 Å². The fourth-order valence-electron chi connectivity index (χ4n) is 2.77. The summed E-state index contributed by atoms with van der Waals surface area (Å²) >= 11 is 0. The number of carbonyl (C=O) groups is 1. The van der Waals surface area contributed by atoms with Crippen LogP contribution >= 0.6 is 12.4 Å². The van der Waals surface area contributed by atoms with Crippen molar-refractivity contribution in [3.63, 3.8) is 0 Å². The lowest BCUT2D eigenvalue weighted by Gasteiger charge is -2.24. The lowest BCUT2D eigenvalue weighted by atomic mass is 9.92. The molecule has 2 rings (SSSR count). The summed E-state index contributed by atoms with van der Waals surface area (Å²) in [5.41, 5.74) is 6.80. The highest BCUT2D eigenvalue weighted by atomic mass is 35.5. The number of hydrogen-bond donors (Lipinski definition) is 2. The molecule has 0 aliphatic rings. The van der Waals surface area contributed by atoms with Gasteiger partial charge < -0.3 is 25.3 Å². The zero-order valence-corrected chi connectivity index (χ0v) is 16.9. The summed E-state index contributed by atoms with van der Waals surface area (Å²) in [6.45, 7) is 2.12. The van der Waals surface area contributed by atoms with E-state index in [4.69, 9.17) is 19.9 Å². The van der Waals surface area contributed by atoms with E-state index in [2.05, 4.69) is 5.32 Å². The summed E-state index contributed by atoms with van der Waals surface area (Å²) in [5.74, 6) is 1.49. The number of rotatable bonds is 8.